The number of rotatable bonds is 9. The molecule has 1 aromatic rings. The van der Waals surface area contributed by atoms with E-state index in [-0.39, 0.29) is 24.0 Å². The number of piperidine rings is 1. The fourth-order valence-electron chi connectivity index (χ4n) is 3.15. The molecule has 0 amide bonds. The lowest BCUT2D eigenvalue weighted by Crippen LogP contribution is -2.48. The van der Waals surface area contributed by atoms with Crippen LogP contribution in [-0.2, 0) is 11.3 Å². The van der Waals surface area contributed by atoms with E-state index in [1.54, 1.807) is 0 Å². The number of unbranched alkanes of at least 4 members (excludes halogenated alkanes) is 1. The molecular formula is C20H35IN4O. The number of hydrogen-bond acceptors (Lipinski definition) is 3. The largest absolute Gasteiger partial charge is 0.382 e. The highest BCUT2D eigenvalue weighted by Gasteiger charge is 2.19. The number of likely N-dealkylation sites (tertiary alicyclic amines) is 1. The third-order valence-corrected chi connectivity index (χ3v) is 4.61. The molecule has 26 heavy (non-hydrogen) atoms. The van der Waals surface area contributed by atoms with Gasteiger partial charge in [0.2, 0.25) is 0 Å². The number of nitrogens with zero attached hydrogens (tertiary/aromatic N) is 2. The van der Waals surface area contributed by atoms with Crippen molar-refractivity contribution in [3.05, 3.63) is 35.9 Å². The molecule has 0 spiro atoms. The molecule has 0 atom stereocenters. The van der Waals surface area contributed by atoms with E-state index in [2.05, 4.69) is 50.9 Å². The van der Waals surface area contributed by atoms with Crippen molar-refractivity contribution < 1.29 is 4.74 Å². The molecular weight excluding hydrogens is 439 g/mol. The zero-order chi connectivity index (χ0) is 17.7. The summed E-state index contributed by atoms with van der Waals surface area (Å²) in [4.78, 5) is 6.89. The van der Waals surface area contributed by atoms with Crippen LogP contribution in [0, 0.1) is 0 Å². The van der Waals surface area contributed by atoms with E-state index in [9.17, 15) is 0 Å². The fourth-order valence-corrected chi connectivity index (χ4v) is 3.15. The molecule has 2 rings (SSSR count). The monoisotopic (exact) mass is 474 g/mol. The number of guanidine groups is 1. The van der Waals surface area contributed by atoms with Crippen molar-refractivity contribution in [2.24, 2.45) is 4.99 Å². The van der Waals surface area contributed by atoms with Gasteiger partial charge in [-0.05, 0) is 38.2 Å². The molecule has 5 nitrogen and oxygen atoms in total. The van der Waals surface area contributed by atoms with Gasteiger partial charge >= 0.3 is 0 Å². The number of benzene rings is 1. The van der Waals surface area contributed by atoms with E-state index in [0.717, 1.165) is 71.0 Å². The highest BCUT2D eigenvalue weighted by atomic mass is 127. The maximum absolute atomic E-state index is 5.36. The molecule has 1 saturated heterocycles. The molecule has 148 valence electrons. The Morgan fingerprint density at radius 2 is 1.92 bits per heavy atom. The van der Waals surface area contributed by atoms with Crippen LogP contribution in [0.1, 0.15) is 38.2 Å². The minimum absolute atomic E-state index is 0. The molecule has 0 saturated carbocycles. The summed E-state index contributed by atoms with van der Waals surface area (Å²) in [6.07, 6.45) is 4.53. The zero-order valence-corrected chi connectivity index (χ0v) is 18.6. The maximum Gasteiger partial charge on any atom is 0.191 e. The molecule has 1 aliphatic rings. The van der Waals surface area contributed by atoms with Gasteiger partial charge in [0.05, 0.1) is 0 Å². The van der Waals surface area contributed by atoms with E-state index in [1.165, 1.54) is 5.56 Å². The first-order valence-corrected chi connectivity index (χ1v) is 9.63. The molecule has 0 bridgehead atoms. The lowest BCUT2D eigenvalue weighted by molar-refractivity contribution is 0.143. The first-order valence-electron chi connectivity index (χ1n) is 9.63. The average Bonchev–Trinajstić information content (AvgIpc) is 2.66. The molecule has 0 aromatic heterocycles. The quantitative estimate of drug-likeness (QED) is 0.250. The molecule has 1 aromatic carbocycles. The maximum atomic E-state index is 5.36. The van der Waals surface area contributed by atoms with Crippen LogP contribution >= 0.6 is 24.0 Å². The van der Waals surface area contributed by atoms with Gasteiger partial charge in [-0.25, -0.2) is 0 Å². The number of halogens is 1. The highest BCUT2D eigenvalue weighted by molar-refractivity contribution is 14.0. The minimum Gasteiger partial charge on any atom is -0.382 e. The van der Waals surface area contributed by atoms with E-state index in [0.29, 0.717) is 6.04 Å². The number of aliphatic imine (C=N–C) groups is 1. The Kier molecular flexibility index (Phi) is 12.7. The highest BCUT2D eigenvalue weighted by Crippen LogP contribution is 2.13. The van der Waals surface area contributed by atoms with Crippen LogP contribution in [0.3, 0.4) is 0 Å². The molecule has 0 radical (unpaired) electrons. The SMILES string of the molecule is CCOCCCCNC(=NC)NC1CCN(Cc2ccccc2)CC1.I. The lowest BCUT2D eigenvalue weighted by Gasteiger charge is -2.33. The van der Waals surface area contributed by atoms with Crippen LogP contribution in [0.15, 0.2) is 35.3 Å². The Balaban J connectivity index is 0.00000338. The molecule has 0 aliphatic carbocycles. The van der Waals surface area contributed by atoms with Gasteiger partial charge < -0.3 is 15.4 Å². The summed E-state index contributed by atoms with van der Waals surface area (Å²) in [6, 6.07) is 11.3. The second-order valence-corrected chi connectivity index (χ2v) is 6.58. The standard InChI is InChI=1S/C20H34N4O.HI/c1-3-25-16-8-7-13-22-20(21-2)23-19-11-14-24(15-12-19)17-18-9-5-4-6-10-18;/h4-6,9-10,19H,3,7-8,11-17H2,1-2H3,(H2,21,22,23);1H. The molecule has 6 heteroatoms. The topological polar surface area (TPSA) is 48.9 Å². The van der Waals surface area contributed by atoms with Crippen molar-refractivity contribution in [2.75, 3.05) is 39.9 Å². The summed E-state index contributed by atoms with van der Waals surface area (Å²) in [5, 5.41) is 6.99. The summed E-state index contributed by atoms with van der Waals surface area (Å²) in [5.74, 6) is 0.929. The first kappa shape index (κ1) is 23.2. The average molecular weight is 474 g/mol. The van der Waals surface area contributed by atoms with Crippen LogP contribution in [0.5, 0.6) is 0 Å². The van der Waals surface area contributed by atoms with Crippen LogP contribution in [0.4, 0.5) is 0 Å². The van der Waals surface area contributed by atoms with Gasteiger partial charge in [0.25, 0.3) is 0 Å². The first-order chi connectivity index (χ1) is 12.3. The van der Waals surface area contributed by atoms with Crippen LogP contribution in [-0.4, -0.2) is 56.8 Å². The van der Waals surface area contributed by atoms with Crippen LogP contribution in [0.2, 0.25) is 0 Å². The molecule has 1 fully saturated rings. The number of hydrogen-bond donors (Lipinski definition) is 2. The summed E-state index contributed by atoms with van der Waals surface area (Å²) in [5.41, 5.74) is 1.40. The van der Waals surface area contributed by atoms with Crippen molar-refractivity contribution in [3.8, 4) is 0 Å². The number of ether oxygens (including phenoxy) is 1. The Morgan fingerprint density at radius 1 is 1.19 bits per heavy atom. The zero-order valence-electron chi connectivity index (χ0n) is 16.2. The number of nitrogens with one attached hydrogen (secondary N) is 2. The summed E-state index contributed by atoms with van der Waals surface area (Å²) in [7, 11) is 1.85. The minimum atomic E-state index is 0. The third-order valence-electron chi connectivity index (χ3n) is 4.61. The van der Waals surface area contributed by atoms with Crippen molar-refractivity contribution in [1.82, 2.24) is 15.5 Å². The molecule has 1 heterocycles. The van der Waals surface area contributed by atoms with Crippen LogP contribution in [0.25, 0.3) is 0 Å². The predicted molar refractivity (Wildman–Crippen MR) is 120 cm³/mol. The van der Waals surface area contributed by atoms with Gasteiger partial charge in [-0.1, -0.05) is 30.3 Å². The van der Waals surface area contributed by atoms with Gasteiger partial charge in [0.15, 0.2) is 5.96 Å². The van der Waals surface area contributed by atoms with E-state index in [1.807, 2.05) is 14.0 Å². The van der Waals surface area contributed by atoms with E-state index >= 15 is 0 Å². The third kappa shape index (κ3) is 9.19. The predicted octanol–water partition coefficient (Wildman–Crippen LogP) is 3.25. The van der Waals surface area contributed by atoms with Gasteiger partial charge in [0.1, 0.15) is 0 Å². The Labute approximate surface area is 176 Å². The normalized spacial score (nSPS) is 16.2. The van der Waals surface area contributed by atoms with Crippen molar-refractivity contribution >= 4 is 29.9 Å². The van der Waals surface area contributed by atoms with E-state index in [4.69, 9.17) is 4.74 Å². The second-order valence-electron chi connectivity index (χ2n) is 6.58. The van der Waals surface area contributed by atoms with Crippen molar-refractivity contribution in [2.45, 2.75) is 45.2 Å². The summed E-state index contributed by atoms with van der Waals surface area (Å²) < 4.78 is 5.36. The smallest absolute Gasteiger partial charge is 0.191 e. The Bertz CT molecular complexity index is 490. The van der Waals surface area contributed by atoms with Crippen molar-refractivity contribution in [3.63, 3.8) is 0 Å². The fraction of sp³-hybridized carbons (Fsp3) is 0.650. The molecule has 1 aliphatic heterocycles. The summed E-state index contributed by atoms with van der Waals surface area (Å²) >= 11 is 0. The second kappa shape index (κ2) is 14.2. The van der Waals surface area contributed by atoms with Crippen molar-refractivity contribution in [1.29, 1.82) is 0 Å². The summed E-state index contributed by atoms with van der Waals surface area (Å²) in [6.45, 7) is 7.97. The Morgan fingerprint density at radius 3 is 2.58 bits per heavy atom. The molecule has 2 N–H and O–H groups in total. The van der Waals surface area contributed by atoms with Gasteiger partial charge in [-0.3, -0.25) is 9.89 Å². The van der Waals surface area contributed by atoms with Gasteiger partial charge in [-0.15, -0.1) is 24.0 Å². The van der Waals surface area contributed by atoms with Crippen LogP contribution < -0.4 is 10.6 Å². The van der Waals surface area contributed by atoms with Gasteiger partial charge in [0, 0.05) is 52.5 Å². The van der Waals surface area contributed by atoms with E-state index < -0.39 is 0 Å². The van der Waals surface area contributed by atoms with Gasteiger partial charge in [-0.2, -0.15) is 0 Å². The lowest BCUT2D eigenvalue weighted by atomic mass is 10.0. The molecule has 0 unspecified atom stereocenters. The Hall–Kier alpha value is -0.860.